The number of benzene rings is 2. The number of anilines is 1. The number of carbonyl (C=O) groups excluding carboxylic acids is 1. The molecule has 0 saturated heterocycles. The maximum atomic E-state index is 13.3. The molecule has 3 aromatic rings. The third-order valence-electron chi connectivity index (χ3n) is 4.21. The van der Waals surface area contributed by atoms with Crippen molar-refractivity contribution >= 4 is 68.2 Å². The summed E-state index contributed by atoms with van der Waals surface area (Å²) in [6.07, 6.45) is 0.809. The van der Waals surface area contributed by atoms with Crippen LogP contribution in [0, 0.1) is 0 Å². The Labute approximate surface area is 190 Å². The normalized spacial score (nSPS) is 10.8. The Morgan fingerprint density at radius 3 is 2.55 bits per heavy atom. The number of amides is 1. The zero-order valence-electron chi connectivity index (χ0n) is 16.3. The van der Waals surface area contributed by atoms with Crippen LogP contribution in [0.2, 0.25) is 10.0 Å². The molecule has 9 heteroatoms. The Bertz CT molecular complexity index is 994. The molecule has 0 radical (unpaired) electrons. The van der Waals surface area contributed by atoms with E-state index in [0.29, 0.717) is 27.3 Å². The van der Waals surface area contributed by atoms with Crippen molar-refractivity contribution in [1.29, 1.82) is 0 Å². The number of halogens is 3. The Kier molecular flexibility index (Phi) is 8.55. The van der Waals surface area contributed by atoms with E-state index >= 15 is 0 Å². The first-order valence-corrected chi connectivity index (χ1v) is 10.3. The average Bonchev–Trinajstić information content (AvgIpc) is 3.07. The summed E-state index contributed by atoms with van der Waals surface area (Å²) in [5, 5.41) is 1.46. The van der Waals surface area contributed by atoms with Crippen molar-refractivity contribution in [1.82, 2.24) is 9.88 Å². The molecule has 0 bridgehead atoms. The highest BCUT2D eigenvalue weighted by Gasteiger charge is 2.23. The van der Waals surface area contributed by atoms with Crippen LogP contribution in [0.25, 0.3) is 10.2 Å². The van der Waals surface area contributed by atoms with Gasteiger partial charge in [-0.3, -0.25) is 9.69 Å². The van der Waals surface area contributed by atoms with E-state index in [4.69, 9.17) is 27.9 Å². The molecule has 0 aliphatic rings. The van der Waals surface area contributed by atoms with E-state index < -0.39 is 0 Å². The molecule has 0 aliphatic carbocycles. The molecule has 0 fully saturated rings. The van der Waals surface area contributed by atoms with Crippen molar-refractivity contribution in [2.75, 3.05) is 39.2 Å². The predicted molar refractivity (Wildman–Crippen MR) is 125 cm³/mol. The number of thiazole rings is 1. The van der Waals surface area contributed by atoms with Crippen molar-refractivity contribution in [3.05, 3.63) is 52.0 Å². The first-order valence-electron chi connectivity index (χ1n) is 8.75. The average molecular weight is 475 g/mol. The van der Waals surface area contributed by atoms with Gasteiger partial charge in [-0.1, -0.05) is 34.5 Å². The summed E-state index contributed by atoms with van der Waals surface area (Å²) in [6.45, 7) is 1.39. The lowest BCUT2D eigenvalue weighted by molar-refractivity contribution is 0.0986. The topological polar surface area (TPSA) is 45.7 Å². The summed E-state index contributed by atoms with van der Waals surface area (Å²) in [4.78, 5) is 21.7. The number of rotatable bonds is 7. The first-order chi connectivity index (χ1) is 13.4. The summed E-state index contributed by atoms with van der Waals surface area (Å²) < 4.78 is 6.26. The van der Waals surface area contributed by atoms with Crippen molar-refractivity contribution in [3.8, 4) is 5.75 Å². The second-order valence-electron chi connectivity index (χ2n) is 6.57. The molecular formula is C20H22Cl3N3O2S. The quantitative estimate of drug-likeness (QED) is 0.445. The Morgan fingerprint density at radius 2 is 1.90 bits per heavy atom. The fraction of sp³-hybridized carbons (Fsp3) is 0.300. The van der Waals surface area contributed by atoms with Crippen LogP contribution in [0.5, 0.6) is 5.75 Å². The molecule has 1 aromatic heterocycles. The van der Waals surface area contributed by atoms with E-state index in [1.165, 1.54) is 11.3 Å². The highest BCUT2D eigenvalue weighted by atomic mass is 35.5. The second-order valence-corrected chi connectivity index (χ2v) is 8.42. The van der Waals surface area contributed by atoms with Gasteiger partial charge in [0, 0.05) is 17.6 Å². The molecule has 1 amide bonds. The highest BCUT2D eigenvalue weighted by molar-refractivity contribution is 7.22. The minimum Gasteiger partial charge on any atom is -0.497 e. The Morgan fingerprint density at radius 1 is 1.14 bits per heavy atom. The first kappa shape index (κ1) is 23.7. The Balaban J connectivity index is 0.00000300. The fourth-order valence-corrected chi connectivity index (χ4v) is 4.23. The standard InChI is InChI=1S/C20H21Cl2N3O2S.ClH/c1-24(2)9-4-10-25(19(26)15-7-5-13(21)11-16(15)22)20-23-17-12-14(27-3)6-8-18(17)28-20;/h5-8,11-12H,4,9-10H2,1-3H3;1H. The van der Waals surface area contributed by atoms with Crippen molar-refractivity contribution in [3.63, 3.8) is 0 Å². The molecule has 1 heterocycles. The predicted octanol–water partition coefficient (Wildman–Crippen LogP) is 5.63. The van der Waals surface area contributed by atoms with Crippen molar-refractivity contribution in [2.45, 2.75) is 6.42 Å². The number of carbonyl (C=O) groups is 1. The maximum Gasteiger partial charge on any atom is 0.261 e. The van der Waals surface area contributed by atoms with Gasteiger partial charge in [-0.15, -0.1) is 12.4 Å². The summed E-state index contributed by atoms with van der Waals surface area (Å²) >= 11 is 13.7. The number of hydrogen-bond donors (Lipinski definition) is 0. The number of fused-ring (bicyclic) bond motifs is 1. The molecule has 0 atom stereocenters. The van der Waals surface area contributed by atoms with Crippen LogP contribution >= 0.6 is 46.9 Å². The van der Waals surface area contributed by atoms with Crippen LogP contribution in [-0.2, 0) is 0 Å². The van der Waals surface area contributed by atoms with E-state index in [0.717, 1.165) is 28.9 Å². The lowest BCUT2D eigenvalue weighted by Crippen LogP contribution is -2.33. The number of hydrogen-bond acceptors (Lipinski definition) is 5. The highest BCUT2D eigenvalue weighted by Crippen LogP contribution is 2.33. The largest absolute Gasteiger partial charge is 0.497 e. The summed E-state index contributed by atoms with van der Waals surface area (Å²) in [5.41, 5.74) is 1.21. The third-order valence-corrected chi connectivity index (χ3v) is 5.82. The number of methoxy groups -OCH3 is 1. The van der Waals surface area contributed by atoms with Crippen molar-refractivity contribution in [2.24, 2.45) is 0 Å². The van der Waals surface area contributed by atoms with Gasteiger partial charge in [-0.2, -0.15) is 0 Å². The smallest absolute Gasteiger partial charge is 0.261 e. The molecule has 2 aromatic carbocycles. The minimum atomic E-state index is -0.188. The number of nitrogens with zero attached hydrogens (tertiary/aromatic N) is 3. The molecule has 0 unspecified atom stereocenters. The maximum absolute atomic E-state index is 13.3. The van der Waals surface area contributed by atoms with Gasteiger partial charge in [-0.25, -0.2) is 4.98 Å². The molecule has 156 valence electrons. The number of ether oxygens (including phenoxy) is 1. The SMILES string of the molecule is COc1ccc2sc(N(CCCN(C)C)C(=O)c3ccc(Cl)cc3Cl)nc2c1.Cl. The van der Waals surface area contributed by atoms with E-state index in [1.807, 2.05) is 32.3 Å². The van der Waals surface area contributed by atoms with E-state index in [2.05, 4.69) is 9.88 Å². The number of aromatic nitrogens is 1. The molecular weight excluding hydrogens is 453 g/mol. The summed E-state index contributed by atoms with van der Waals surface area (Å²) in [7, 11) is 5.63. The lowest BCUT2D eigenvalue weighted by Gasteiger charge is -2.21. The van der Waals surface area contributed by atoms with E-state index in [1.54, 1.807) is 30.2 Å². The van der Waals surface area contributed by atoms with Crippen LogP contribution in [0.3, 0.4) is 0 Å². The van der Waals surface area contributed by atoms with Gasteiger partial charge in [0.05, 0.1) is 27.9 Å². The molecule has 3 rings (SSSR count). The van der Waals surface area contributed by atoms with Gasteiger partial charge in [0.15, 0.2) is 5.13 Å². The Hall–Kier alpha value is -1.57. The minimum absolute atomic E-state index is 0. The van der Waals surface area contributed by atoms with Gasteiger partial charge in [0.2, 0.25) is 0 Å². The molecule has 29 heavy (non-hydrogen) atoms. The zero-order chi connectivity index (χ0) is 20.3. The second kappa shape index (κ2) is 10.5. The van der Waals surface area contributed by atoms with Crippen LogP contribution in [0.1, 0.15) is 16.8 Å². The fourth-order valence-electron chi connectivity index (χ4n) is 2.77. The lowest BCUT2D eigenvalue weighted by atomic mass is 10.2. The van der Waals surface area contributed by atoms with Crippen LogP contribution < -0.4 is 9.64 Å². The summed E-state index contributed by atoms with van der Waals surface area (Å²) in [5.74, 6) is 0.544. The van der Waals surface area contributed by atoms with Crippen LogP contribution in [0.4, 0.5) is 5.13 Å². The van der Waals surface area contributed by atoms with E-state index in [-0.39, 0.29) is 18.3 Å². The van der Waals surface area contributed by atoms with Gasteiger partial charge in [0.1, 0.15) is 5.75 Å². The molecule has 0 N–H and O–H groups in total. The van der Waals surface area contributed by atoms with Gasteiger partial charge in [0.25, 0.3) is 5.91 Å². The zero-order valence-corrected chi connectivity index (χ0v) is 19.5. The third kappa shape index (κ3) is 5.74. The molecule has 0 spiro atoms. The molecule has 0 aliphatic heterocycles. The van der Waals surface area contributed by atoms with Crippen LogP contribution in [0.15, 0.2) is 36.4 Å². The van der Waals surface area contributed by atoms with E-state index in [9.17, 15) is 4.79 Å². The van der Waals surface area contributed by atoms with Gasteiger partial charge < -0.3 is 9.64 Å². The van der Waals surface area contributed by atoms with Gasteiger partial charge >= 0.3 is 0 Å². The monoisotopic (exact) mass is 473 g/mol. The van der Waals surface area contributed by atoms with Gasteiger partial charge in [-0.05, 0) is 57.4 Å². The van der Waals surface area contributed by atoms with Crippen molar-refractivity contribution < 1.29 is 9.53 Å². The van der Waals surface area contributed by atoms with Crippen LogP contribution in [-0.4, -0.2) is 50.1 Å². The molecule has 0 saturated carbocycles. The molecule has 5 nitrogen and oxygen atoms in total. The summed E-state index contributed by atoms with van der Waals surface area (Å²) in [6, 6.07) is 10.6.